The first-order valence-corrected chi connectivity index (χ1v) is 11.8. The molecule has 0 bridgehead atoms. The van der Waals surface area contributed by atoms with Crippen LogP contribution in [0.2, 0.25) is 0 Å². The van der Waals surface area contributed by atoms with Gasteiger partial charge in [0.15, 0.2) is 0 Å². The van der Waals surface area contributed by atoms with Crippen LogP contribution in [0.1, 0.15) is 85.7 Å². The number of hydrogen-bond acceptors (Lipinski definition) is 3. The highest BCUT2D eigenvalue weighted by atomic mass is 19.1. The van der Waals surface area contributed by atoms with Crippen molar-refractivity contribution in [3.05, 3.63) is 35.1 Å². The molecule has 2 amide bonds. The molecule has 174 valence electrons. The smallest absolute Gasteiger partial charge is 0.243 e. The molecule has 2 atom stereocenters. The van der Waals surface area contributed by atoms with Gasteiger partial charge in [-0.1, -0.05) is 26.8 Å². The van der Waals surface area contributed by atoms with Crippen molar-refractivity contribution < 1.29 is 16.8 Å². The Morgan fingerprint density at radius 3 is 2.65 bits per heavy atom. The molecule has 2 aliphatic heterocycles. The molecule has 31 heavy (non-hydrogen) atoms. The van der Waals surface area contributed by atoms with E-state index in [0.29, 0.717) is 18.3 Å². The van der Waals surface area contributed by atoms with E-state index in [2.05, 4.69) is 36.3 Å². The molecular formula is C25H40FN3O2. The first-order chi connectivity index (χ1) is 14.7. The van der Waals surface area contributed by atoms with Crippen molar-refractivity contribution in [3.63, 3.8) is 0 Å². The molecule has 1 spiro atoms. The molecule has 2 fully saturated rings. The molecule has 4 rings (SSSR count). The third-order valence-electron chi connectivity index (χ3n) is 7.49. The summed E-state index contributed by atoms with van der Waals surface area (Å²) in [5.41, 5.74) is 2.46. The van der Waals surface area contributed by atoms with Gasteiger partial charge in [-0.05, 0) is 92.2 Å². The predicted octanol–water partition coefficient (Wildman–Crippen LogP) is 4.32. The molecule has 1 aromatic carbocycles. The molecule has 3 aliphatic rings. The standard InChI is InChI=1S/C25H36FN3O2.2H2/c1-24(2,3)10-13-29-14-11-25(12-15-29)9-8-20(18-5-4-17(26)16-19(18)25)28-23(31)21-6-7-22(30)27-21;;/h4-5,16,20-21H,6-15H2,1-3H3,(H,27,30)(H,28,31);2*1H/t20-,21-;;/m1../s1. The summed E-state index contributed by atoms with van der Waals surface area (Å²) in [7, 11) is 0. The lowest BCUT2D eigenvalue weighted by Gasteiger charge is -2.47. The maximum absolute atomic E-state index is 14.3. The third kappa shape index (κ3) is 4.94. The van der Waals surface area contributed by atoms with Crippen molar-refractivity contribution in [1.29, 1.82) is 0 Å². The lowest BCUT2D eigenvalue weighted by molar-refractivity contribution is -0.126. The Morgan fingerprint density at radius 1 is 1.26 bits per heavy atom. The molecule has 0 saturated carbocycles. The summed E-state index contributed by atoms with van der Waals surface area (Å²) in [5.74, 6) is -0.397. The Bertz CT molecular complexity index is 851. The van der Waals surface area contributed by atoms with E-state index in [0.717, 1.165) is 56.4 Å². The van der Waals surface area contributed by atoms with Crippen LogP contribution in [0, 0.1) is 11.2 Å². The Morgan fingerprint density at radius 2 is 2.00 bits per heavy atom. The normalized spacial score (nSPS) is 25.9. The minimum atomic E-state index is -0.446. The largest absolute Gasteiger partial charge is 0.348 e. The van der Waals surface area contributed by atoms with Crippen LogP contribution in [0.4, 0.5) is 4.39 Å². The predicted molar refractivity (Wildman–Crippen MR) is 123 cm³/mol. The molecule has 0 unspecified atom stereocenters. The Hall–Kier alpha value is -1.95. The maximum Gasteiger partial charge on any atom is 0.243 e. The number of hydrogen-bond donors (Lipinski definition) is 2. The zero-order valence-electron chi connectivity index (χ0n) is 19.1. The second-order valence-corrected chi connectivity index (χ2v) is 10.9. The van der Waals surface area contributed by atoms with Crippen LogP contribution in [-0.4, -0.2) is 42.4 Å². The molecule has 1 aliphatic carbocycles. The van der Waals surface area contributed by atoms with Gasteiger partial charge in [-0.25, -0.2) is 4.39 Å². The van der Waals surface area contributed by atoms with Crippen LogP contribution in [-0.2, 0) is 15.0 Å². The van der Waals surface area contributed by atoms with E-state index in [4.69, 9.17) is 0 Å². The van der Waals surface area contributed by atoms with Gasteiger partial charge in [-0.2, -0.15) is 0 Å². The highest BCUT2D eigenvalue weighted by molar-refractivity contribution is 5.91. The topological polar surface area (TPSA) is 61.4 Å². The number of rotatable bonds is 4. The molecule has 2 N–H and O–H groups in total. The number of nitrogens with zero attached hydrogens (tertiary/aromatic N) is 1. The van der Waals surface area contributed by atoms with Gasteiger partial charge in [0.25, 0.3) is 0 Å². The zero-order valence-corrected chi connectivity index (χ0v) is 19.1. The Labute approximate surface area is 188 Å². The highest BCUT2D eigenvalue weighted by Gasteiger charge is 2.43. The average Bonchev–Trinajstić information content (AvgIpc) is 3.16. The molecule has 1 aromatic rings. The van der Waals surface area contributed by atoms with Gasteiger partial charge in [-0.15, -0.1) is 0 Å². The second-order valence-electron chi connectivity index (χ2n) is 10.9. The first kappa shape index (κ1) is 22.3. The van der Waals surface area contributed by atoms with E-state index >= 15 is 0 Å². The third-order valence-corrected chi connectivity index (χ3v) is 7.49. The Balaban J connectivity index is 0.00000193. The maximum atomic E-state index is 14.3. The van der Waals surface area contributed by atoms with Gasteiger partial charge in [0.05, 0.1) is 6.04 Å². The summed E-state index contributed by atoms with van der Waals surface area (Å²) in [6.45, 7) is 10.0. The van der Waals surface area contributed by atoms with Crippen molar-refractivity contribution in [3.8, 4) is 0 Å². The number of fused-ring (bicyclic) bond motifs is 2. The summed E-state index contributed by atoms with van der Waals surface area (Å²) in [5, 5.41) is 5.88. The number of carbonyl (C=O) groups is 2. The minimum absolute atomic E-state index is 0. The molecule has 5 nitrogen and oxygen atoms in total. The quantitative estimate of drug-likeness (QED) is 0.744. The molecule has 0 radical (unpaired) electrons. The van der Waals surface area contributed by atoms with Crippen molar-refractivity contribution in [1.82, 2.24) is 15.5 Å². The van der Waals surface area contributed by atoms with Gasteiger partial charge >= 0.3 is 0 Å². The number of likely N-dealkylation sites (tertiary alicyclic amines) is 1. The molecule has 2 heterocycles. The number of carbonyl (C=O) groups excluding carboxylic acids is 2. The fraction of sp³-hybridized carbons (Fsp3) is 0.680. The number of piperidine rings is 1. The number of benzene rings is 1. The van der Waals surface area contributed by atoms with Gasteiger partial charge < -0.3 is 15.5 Å². The van der Waals surface area contributed by atoms with E-state index in [1.54, 1.807) is 6.07 Å². The molecule has 2 saturated heterocycles. The van der Waals surface area contributed by atoms with Crippen LogP contribution in [0.3, 0.4) is 0 Å². The monoisotopic (exact) mass is 433 g/mol. The van der Waals surface area contributed by atoms with Gasteiger partial charge in [-0.3, -0.25) is 9.59 Å². The first-order valence-electron chi connectivity index (χ1n) is 11.8. The van der Waals surface area contributed by atoms with Crippen LogP contribution in [0.25, 0.3) is 0 Å². The lowest BCUT2D eigenvalue weighted by atomic mass is 9.63. The second kappa shape index (κ2) is 8.53. The van der Waals surface area contributed by atoms with Crippen molar-refractivity contribution in [2.75, 3.05) is 19.6 Å². The summed E-state index contributed by atoms with van der Waals surface area (Å²) in [4.78, 5) is 26.7. The van der Waals surface area contributed by atoms with Crippen LogP contribution < -0.4 is 10.6 Å². The Kier molecular flexibility index (Phi) is 6.12. The van der Waals surface area contributed by atoms with E-state index in [-0.39, 0.29) is 31.9 Å². The number of nitrogens with one attached hydrogen (secondary N) is 2. The number of halogens is 1. The SMILES string of the molecule is CC(C)(C)CCN1CCC2(CC[C@@H](NC(=O)[C@H]3CCC(=O)N3)c3ccc(F)cc32)CC1.[HH].[HH]. The zero-order chi connectivity index (χ0) is 22.2. The van der Waals surface area contributed by atoms with E-state index < -0.39 is 6.04 Å². The van der Waals surface area contributed by atoms with Crippen molar-refractivity contribution in [2.24, 2.45) is 5.41 Å². The molecule has 6 heteroatoms. The summed E-state index contributed by atoms with van der Waals surface area (Å²) < 4.78 is 14.3. The fourth-order valence-electron chi connectivity index (χ4n) is 5.45. The van der Waals surface area contributed by atoms with Crippen molar-refractivity contribution in [2.45, 2.75) is 83.2 Å². The van der Waals surface area contributed by atoms with Gasteiger partial charge in [0.1, 0.15) is 11.9 Å². The fourth-order valence-corrected chi connectivity index (χ4v) is 5.45. The summed E-state index contributed by atoms with van der Waals surface area (Å²) in [6, 6.07) is 4.50. The number of amides is 2. The average molecular weight is 434 g/mol. The van der Waals surface area contributed by atoms with Gasteiger partial charge in [0, 0.05) is 9.27 Å². The van der Waals surface area contributed by atoms with Crippen LogP contribution in [0.15, 0.2) is 18.2 Å². The summed E-state index contributed by atoms with van der Waals surface area (Å²) >= 11 is 0. The van der Waals surface area contributed by atoms with Crippen LogP contribution in [0.5, 0.6) is 0 Å². The van der Waals surface area contributed by atoms with E-state index in [1.807, 2.05) is 6.07 Å². The van der Waals surface area contributed by atoms with Crippen LogP contribution >= 0.6 is 0 Å². The minimum Gasteiger partial charge on any atom is -0.348 e. The molecular weight excluding hydrogens is 393 g/mol. The highest BCUT2D eigenvalue weighted by Crippen LogP contribution is 2.48. The lowest BCUT2D eigenvalue weighted by Crippen LogP contribution is -2.48. The van der Waals surface area contributed by atoms with Gasteiger partial charge in [0.2, 0.25) is 11.8 Å². The van der Waals surface area contributed by atoms with E-state index in [9.17, 15) is 14.0 Å². The van der Waals surface area contributed by atoms with E-state index in [1.165, 1.54) is 12.5 Å². The molecule has 0 aromatic heterocycles. The van der Waals surface area contributed by atoms with Crippen molar-refractivity contribution >= 4 is 11.8 Å². The summed E-state index contributed by atoms with van der Waals surface area (Å²) in [6.07, 6.45) is 6.00.